The molecule has 2 N–H and O–H groups in total. The molecule has 1 fully saturated rings. The van der Waals surface area contributed by atoms with Crippen molar-refractivity contribution in [2.24, 2.45) is 5.73 Å². The van der Waals surface area contributed by atoms with E-state index in [2.05, 4.69) is 4.98 Å². The summed E-state index contributed by atoms with van der Waals surface area (Å²) < 4.78 is 42.6. The first-order valence-electron chi connectivity index (χ1n) is 5.41. The Morgan fingerprint density at radius 1 is 1.29 bits per heavy atom. The summed E-state index contributed by atoms with van der Waals surface area (Å²) in [5, 5.41) is 0. The Bertz CT molecular complexity index is 395. The molecule has 6 heteroatoms. The molecule has 1 aliphatic rings. The Morgan fingerprint density at radius 2 is 2.06 bits per heavy atom. The molecular weight excluding hydrogens is 233 g/mol. The van der Waals surface area contributed by atoms with Gasteiger partial charge in [-0.25, -0.2) is 4.98 Å². The number of rotatable bonds is 2. The topological polar surface area (TPSA) is 48.1 Å². The maximum atomic E-state index is 12.4. The van der Waals surface area contributed by atoms with Crippen molar-refractivity contribution in [3.8, 4) is 5.88 Å². The fraction of sp³-hybridized carbons (Fsp3) is 0.545. The minimum atomic E-state index is -4.44. The molecule has 2 atom stereocenters. The van der Waals surface area contributed by atoms with Crippen molar-refractivity contribution in [3.63, 3.8) is 0 Å². The number of nitrogens with zero attached hydrogens (tertiary/aromatic N) is 1. The first kappa shape index (κ1) is 12.2. The Hall–Kier alpha value is -1.30. The van der Waals surface area contributed by atoms with E-state index in [1.807, 2.05) is 0 Å². The number of halogens is 3. The number of hydrogen-bond acceptors (Lipinski definition) is 3. The summed E-state index contributed by atoms with van der Waals surface area (Å²) in [5.41, 5.74) is 4.76. The molecule has 0 radical (unpaired) electrons. The molecule has 2 unspecified atom stereocenters. The van der Waals surface area contributed by atoms with Crippen LogP contribution in [0, 0.1) is 0 Å². The fourth-order valence-corrected chi connectivity index (χ4v) is 1.89. The third-order valence-corrected chi connectivity index (χ3v) is 2.73. The lowest BCUT2D eigenvalue weighted by Crippen LogP contribution is -2.19. The highest BCUT2D eigenvalue weighted by atomic mass is 19.4. The Kier molecular flexibility index (Phi) is 3.24. The molecule has 1 heterocycles. The number of aromatic nitrogens is 1. The van der Waals surface area contributed by atoms with Gasteiger partial charge in [-0.15, -0.1) is 0 Å². The van der Waals surface area contributed by atoms with Crippen molar-refractivity contribution in [2.45, 2.75) is 37.6 Å². The number of alkyl halides is 3. The van der Waals surface area contributed by atoms with E-state index < -0.39 is 11.9 Å². The van der Waals surface area contributed by atoms with Crippen LogP contribution in [0.15, 0.2) is 18.2 Å². The van der Waals surface area contributed by atoms with Gasteiger partial charge in [0.15, 0.2) is 0 Å². The standard InChI is InChI=1S/C11H13F3N2O/c12-11(13,14)9-2-1-3-10(16-9)17-8-5-4-7(15)6-8/h1-3,7-8H,4-6,15H2. The summed E-state index contributed by atoms with van der Waals surface area (Å²) in [5.74, 6) is 0.0129. The number of nitrogens with two attached hydrogens (primary N) is 1. The lowest BCUT2D eigenvalue weighted by Gasteiger charge is -2.13. The maximum absolute atomic E-state index is 12.4. The van der Waals surface area contributed by atoms with Crippen LogP contribution in [0.1, 0.15) is 25.0 Å². The van der Waals surface area contributed by atoms with E-state index in [0.29, 0.717) is 6.42 Å². The Balaban J connectivity index is 2.06. The Morgan fingerprint density at radius 3 is 2.65 bits per heavy atom. The first-order valence-corrected chi connectivity index (χ1v) is 5.41. The van der Waals surface area contributed by atoms with E-state index in [1.54, 1.807) is 0 Å². The van der Waals surface area contributed by atoms with Crippen molar-refractivity contribution in [3.05, 3.63) is 23.9 Å². The molecule has 94 valence electrons. The third kappa shape index (κ3) is 3.09. The van der Waals surface area contributed by atoms with Crippen LogP contribution in [0.4, 0.5) is 13.2 Å². The van der Waals surface area contributed by atoms with E-state index >= 15 is 0 Å². The number of pyridine rings is 1. The van der Waals surface area contributed by atoms with Gasteiger partial charge in [-0.05, 0) is 25.3 Å². The molecule has 0 aromatic carbocycles. The molecule has 0 aliphatic heterocycles. The van der Waals surface area contributed by atoms with Crippen LogP contribution >= 0.6 is 0 Å². The monoisotopic (exact) mass is 246 g/mol. The number of ether oxygens (including phenoxy) is 1. The summed E-state index contributed by atoms with van der Waals surface area (Å²) in [6, 6.07) is 3.72. The third-order valence-electron chi connectivity index (χ3n) is 2.73. The van der Waals surface area contributed by atoms with Gasteiger partial charge in [-0.3, -0.25) is 0 Å². The van der Waals surface area contributed by atoms with Crippen molar-refractivity contribution in [1.29, 1.82) is 0 Å². The molecule has 0 saturated heterocycles. The normalized spacial score (nSPS) is 24.9. The SMILES string of the molecule is NC1CCC(Oc2cccc(C(F)(F)F)n2)C1. The molecule has 1 aliphatic carbocycles. The predicted octanol–water partition coefficient (Wildman–Crippen LogP) is 2.36. The predicted molar refractivity (Wildman–Crippen MR) is 55.5 cm³/mol. The molecule has 2 rings (SSSR count). The van der Waals surface area contributed by atoms with E-state index in [0.717, 1.165) is 18.9 Å². The zero-order chi connectivity index (χ0) is 12.5. The average Bonchev–Trinajstić information content (AvgIpc) is 2.63. The van der Waals surface area contributed by atoms with Crippen LogP contribution in [-0.2, 0) is 6.18 Å². The van der Waals surface area contributed by atoms with Crippen LogP contribution in [-0.4, -0.2) is 17.1 Å². The first-order chi connectivity index (χ1) is 7.95. The van der Waals surface area contributed by atoms with Crippen LogP contribution < -0.4 is 10.5 Å². The van der Waals surface area contributed by atoms with Crippen LogP contribution in [0.25, 0.3) is 0 Å². The van der Waals surface area contributed by atoms with E-state index in [4.69, 9.17) is 10.5 Å². The molecule has 1 aromatic rings. The van der Waals surface area contributed by atoms with Gasteiger partial charge in [0.25, 0.3) is 0 Å². The second kappa shape index (κ2) is 4.52. The summed E-state index contributed by atoms with van der Waals surface area (Å²) >= 11 is 0. The highest BCUT2D eigenvalue weighted by Crippen LogP contribution is 2.29. The Labute approximate surface area is 96.8 Å². The van der Waals surface area contributed by atoms with Crippen molar-refractivity contribution in [2.75, 3.05) is 0 Å². The summed E-state index contributed by atoms with van der Waals surface area (Å²) in [6.45, 7) is 0. The van der Waals surface area contributed by atoms with Crippen LogP contribution in [0.2, 0.25) is 0 Å². The molecular formula is C11H13F3N2O. The van der Waals surface area contributed by atoms with Gasteiger partial charge in [0.1, 0.15) is 11.8 Å². The summed E-state index contributed by atoms with van der Waals surface area (Å²) in [4.78, 5) is 3.44. The van der Waals surface area contributed by atoms with Crippen molar-refractivity contribution in [1.82, 2.24) is 4.98 Å². The van der Waals surface area contributed by atoms with Gasteiger partial charge in [0, 0.05) is 12.1 Å². The highest BCUT2D eigenvalue weighted by molar-refractivity contribution is 5.18. The molecule has 1 aromatic heterocycles. The fourth-order valence-electron chi connectivity index (χ4n) is 1.89. The lowest BCUT2D eigenvalue weighted by atomic mass is 10.3. The van der Waals surface area contributed by atoms with Gasteiger partial charge in [-0.2, -0.15) is 13.2 Å². The van der Waals surface area contributed by atoms with E-state index in [-0.39, 0.29) is 18.0 Å². The summed E-state index contributed by atoms with van der Waals surface area (Å²) in [6.07, 6.45) is -2.30. The van der Waals surface area contributed by atoms with E-state index in [1.165, 1.54) is 12.1 Å². The molecule has 0 spiro atoms. The van der Waals surface area contributed by atoms with Gasteiger partial charge < -0.3 is 10.5 Å². The largest absolute Gasteiger partial charge is 0.474 e. The molecule has 0 bridgehead atoms. The second-order valence-corrected chi connectivity index (χ2v) is 4.17. The van der Waals surface area contributed by atoms with Gasteiger partial charge >= 0.3 is 6.18 Å². The second-order valence-electron chi connectivity index (χ2n) is 4.17. The van der Waals surface area contributed by atoms with Crippen LogP contribution in [0.5, 0.6) is 5.88 Å². The maximum Gasteiger partial charge on any atom is 0.433 e. The minimum Gasteiger partial charge on any atom is -0.474 e. The average molecular weight is 246 g/mol. The lowest BCUT2D eigenvalue weighted by molar-refractivity contribution is -0.141. The van der Waals surface area contributed by atoms with Gasteiger partial charge in [0.2, 0.25) is 5.88 Å². The van der Waals surface area contributed by atoms with Crippen molar-refractivity contribution < 1.29 is 17.9 Å². The molecule has 1 saturated carbocycles. The van der Waals surface area contributed by atoms with Crippen LogP contribution in [0.3, 0.4) is 0 Å². The van der Waals surface area contributed by atoms with Gasteiger partial charge in [-0.1, -0.05) is 6.07 Å². The van der Waals surface area contributed by atoms with Crippen molar-refractivity contribution >= 4 is 0 Å². The zero-order valence-electron chi connectivity index (χ0n) is 9.07. The minimum absolute atomic E-state index is 0.0129. The molecule has 3 nitrogen and oxygen atoms in total. The molecule has 17 heavy (non-hydrogen) atoms. The molecule has 0 amide bonds. The quantitative estimate of drug-likeness (QED) is 0.871. The summed E-state index contributed by atoms with van der Waals surface area (Å²) in [7, 11) is 0. The number of hydrogen-bond donors (Lipinski definition) is 1. The highest BCUT2D eigenvalue weighted by Gasteiger charge is 2.33. The zero-order valence-corrected chi connectivity index (χ0v) is 9.07. The van der Waals surface area contributed by atoms with Gasteiger partial charge in [0.05, 0.1) is 0 Å². The van der Waals surface area contributed by atoms with E-state index in [9.17, 15) is 13.2 Å². The smallest absolute Gasteiger partial charge is 0.433 e.